The lowest BCUT2D eigenvalue weighted by molar-refractivity contribution is -0.143. The molecule has 1 amide bonds. The smallest absolute Gasteiger partial charge is 0.229 e. The first-order valence-electron chi connectivity index (χ1n) is 8.22. The van der Waals surface area contributed by atoms with Crippen LogP contribution >= 0.6 is 0 Å². The molecule has 0 aliphatic carbocycles. The summed E-state index contributed by atoms with van der Waals surface area (Å²) < 4.78 is 0. The van der Waals surface area contributed by atoms with Crippen molar-refractivity contribution in [3.8, 4) is 5.75 Å². The molecule has 3 rings (SSSR count). The van der Waals surface area contributed by atoms with Gasteiger partial charge in [-0.2, -0.15) is 0 Å². The number of nitrogens with zero attached hydrogens (tertiary/aromatic N) is 3. The molecule has 0 saturated carbocycles. The minimum absolute atomic E-state index is 0.142. The summed E-state index contributed by atoms with van der Waals surface area (Å²) in [7, 11) is 1.88. The number of aryl methyl sites for hydroxylation is 1. The first-order chi connectivity index (χ1) is 11.0. The second-order valence-electron chi connectivity index (χ2n) is 6.93. The van der Waals surface area contributed by atoms with Gasteiger partial charge < -0.3 is 15.1 Å². The van der Waals surface area contributed by atoms with Crippen molar-refractivity contribution < 1.29 is 15.0 Å². The van der Waals surface area contributed by atoms with Crippen molar-refractivity contribution in [2.45, 2.75) is 39.3 Å². The largest absolute Gasteiger partial charge is 0.506 e. The lowest BCUT2D eigenvalue weighted by atomic mass is 9.78. The van der Waals surface area contributed by atoms with Gasteiger partial charge in [0.2, 0.25) is 5.91 Å². The maximum atomic E-state index is 12.6. The number of aromatic hydroxyl groups is 1. The van der Waals surface area contributed by atoms with E-state index in [2.05, 4.69) is 9.88 Å². The number of carbonyl (C=O) groups excluding carboxylic acids is 1. The van der Waals surface area contributed by atoms with Gasteiger partial charge in [0.1, 0.15) is 5.75 Å². The van der Waals surface area contributed by atoms with Crippen LogP contribution in [0.25, 0.3) is 0 Å². The molecule has 2 aliphatic heterocycles. The average molecular weight is 319 g/mol. The number of hydrogen-bond donors (Lipinski definition) is 2. The molecule has 2 saturated heterocycles. The van der Waals surface area contributed by atoms with Crippen molar-refractivity contribution in [1.29, 1.82) is 0 Å². The molecule has 2 N–H and O–H groups in total. The Labute approximate surface area is 136 Å². The van der Waals surface area contributed by atoms with Crippen LogP contribution in [0.5, 0.6) is 5.75 Å². The van der Waals surface area contributed by atoms with Crippen LogP contribution < -0.4 is 0 Å². The molecular formula is C17H25N3O3. The number of likely N-dealkylation sites (tertiary alicyclic amines) is 2. The molecule has 23 heavy (non-hydrogen) atoms. The fourth-order valence-electron chi connectivity index (χ4n) is 3.96. The quantitative estimate of drug-likeness (QED) is 0.870. The maximum absolute atomic E-state index is 12.6. The zero-order chi connectivity index (χ0) is 16.6. The highest BCUT2D eigenvalue weighted by Gasteiger charge is 2.47. The fourth-order valence-corrected chi connectivity index (χ4v) is 3.96. The molecule has 0 bridgehead atoms. The lowest BCUT2D eigenvalue weighted by Crippen LogP contribution is -2.48. The van der Waals surface area contributed by atoms with E-state index in [1.165, 1.54) is 0 Å². The van der Waals surface area contributed by atoms with Gasteiger partial charge in [0.25, 0.3) is 0 Å². The third-order valence-corrected chi connectivity index (χ3v) is 5.36. The van der Waals surface area contributed by atoms with Crippen molar-refractivity contribution in [1.82, 2.24) is 14.8 Å². The second kappa shape index (κ2) is 6.09. The summed E-state index contributed by atoms with van der Waals surface area (Å²) in [6.45, 7) is 4.57. The second-order valence-corrected chi connectivity index (χ2v) is 6.93. The van der Waals surface area contributed by atoms with Crippen LogP contribution in [-0.4, -0.2) is 57.6 Å². The predicted octanol–water partition coefficient (Wildman–Crippen LogP) is 1.03. The van der Waals surface area contributed by atoms with Crippen LogP contribution in [0.4, 0.5) is 0 Å². The number of hydrogen-bond acceptors (Lipinski definition) is 5. The third-order valence-electron chi connectivity index (χ3n) is 5.36. The monoisotopic (exact) mass is 319 g/mol. The molecule has 6 nitrogen and oxygen atoms in total. The first-order valence-corrected chi connectivity index (χ1v) is 8.22. The van der Waals surface area contributed by atoms with E-state index in [1.807, 2.05) is 11.9 Å². The van der Waals surface area contributed by atoms with Gasteiger partial charge in [-0.05, 0) is 32.7 Å². The summed E-state index contributed by atoms with van der Waals surface area (Å²) >= 11 is 0. The molecule has 0 radical (unpaired) electrons. The van der Waals surface area contributed by atoms with E-state index in [4.69, 9.17) is 0 Å². The first kappa shape index (κ1) is 16.2. The number of aliphatic hydroxyl groups excluding tert-OH is 1. The zero-order valence-corrected chi connectivity index (χ0v) is 13.9. The normalized spacial score (nSPS) is 25.5. The lowest BCUT2D eigenvalue weighted by Gasteiger charge is -2.37. The summed E-state index contributed by atoms with van der Waals surface area (Å²) in [6, 6.07) is 0. The van der Waals surface area contributed by atoms with Crippen LogP contribution in [0.15, 0.2) is 6.20 Å². The molecule has 1 unspecified atom stereocenters. The Balaban J connectivity index is 1.79. The molecule has 1 aromatic rings. The van der Waals surface area contributed by atoms with Gasteiger partial charge in [0, 0.05) is 44.0 Å². The van der Waals surface area contributed by atoms with Gasteiger partial charge >= 0.3 is 0 Å². The van der Waals surface area contributed by atoms with E-state index in [1.54, 1.807) is 13.1 Å². The molecule has 126 valence electrons. The average Bonchev–Trinajstić information content (AvgIpc) is 2.94. The Morgan fingerprint density at radius 3 is 2.87 bits per heavy atom. The van der Waals surface area contributed by atoms with Crippen molar-refractivity contribution in [2.75, 3.05) is 26.7 Å². The van der Waals surface area contributed by atoms with Crippen molar-refractivity contribution in [3.63, 3.8) is 0 Å². The van der Waals surface area contributed by atoms with Gasteiger partial charge in [-0.1, -0.05) is 0 Å². The third kappa shape index (κ3) is 2.81. The Hall–Kier alpha value is -1.66. The SMILES string of the molecule is Cc1ncc(CO)c(CN2CCC3(CCCN(C)C3=O)C2)c1O. The molecule has 1 atom stereocenters. The van der Waals surface area contributed by atoms with E-state index in [9.17, 15) is 15.0 Å². The Morgan fingerprint density at radius 2 is 2.13 bits per heavy atom. The molecule has 3 heterocycles. The Morgan fingerprint density at radius 1 is 1.35 bits per heavy atom. The Bertz CT molecular complexity index is 619. The number of carbonyl (C=O) groups is 1. The number of aliphatic hydroxyl groups is 1. The zero-order valence-electron chi connectivity index (χ0n) is 13.9. The molecular weight excluding hydrogens is 294 g/mol. The highest BCUT2D eigenvalue weighted by Crippen LogP contribution is 2.40. The summed E-state index contributed by atoms with van der Waals surface area (Å²) in [5.41, 5.74) is 1.69. The minimum Gasteiger partial charge on any atom is -0.506 e. The molecule has 1 spiro atoms. The molecule has 2 aliphatic rings. The van der Waals surface area contributed by atoms with Crippen LogP contribution in [0.3, 0.4) is 0 Å². The van der Waals surface area contributed by atoms with E-state index < -0.39 is 0 Å². The highest BCUT2D eigenvalue weighted by atomic mass is 16.3. The van der Waals surface area contributed by atoms with Crippen molar-refractivity contribution >= 4 is 5.91 Å². The Kier molecular flexibility index (Phi) is 4.29. The van der Waals surface area contributed by atoms with Crippen LogP contribution in [0, 0.1) is 12.3 Å². The summed E-state index contributed by atoms with van der Waals surface area (Å²) in [6.07, 6.45) is 4.49. The van der Waals surface area contributed by atoms with Crippen LogP contribution in [-0.2, 0) is 17.9 Å². The number of rotatable bonds is 3. The summed E-state index contributed by atoms with van der Waals surface area (Å²) in [5.74, 6) is 0.411. The topological polar surface area (TPSA) is 76.9 Å². The fraction of sp³-hybridized carbons (Fsp3) is 0.647. The molecule has 6 heteroatoms. The van der Waals surface area contributed by atoms with Crippen LogP contribution in [0.1, 0.15) is 36.1 Å². The number of piperidine rings is 1. The van der Waals surface area contributed by atoms with Crippen molar-refractivity contribution in [2.24, 2.45) is 5.41 Å². The van der Waals surface area contributed by atoms with Gasteiger partial charge in [-0.3, -0.25) is 14.7 Å². The van der Waals surface area contributed by atoms with Gasteiger partial charge in [-0.25, -0.2) is 0 Å². The molecule has 2 fully saturated rings. The van der Waals surface area contributed by atoms with E-state index in [0.29, 0.717) is 17.8 Å². The van der Waals surface area contributed by atoms with E-state index in [0.717, 1.165) is 44.5 Å². The highest BCUT2D eigenvalue weighted by molar-refractivity contribution is 5.83. The van der Waals surface area contributed by atoms with Crippen LogP contribution in [0.2, 0.25) is 0 Å². The predicted molar refractivity (Wildman–Crippen MR) is 85.8 cm³/mol. The van der Waals surface area contributed by atoms with E-state index >= 15 is 0 Å². The summed E-state index contributed by atoms with van der Waals surface area (Å²) in [4.78, 5) is 20.8. The molecule has 0 aromatic carbocycles. The molecule has 1 aromatic heterocycles. The number of aromatic nitrogens is 1. The van der Waals surface area contributed by atoms with Gasteiger partial charge in [0.15, 0.2) is 0 Å². The standard InChI is InChI=1S/C17H25N3O3/c1-12-15(22)14(13(10-21)8-18-12)9-20-7-5-17(11-20)4-3-6-19(2)16(17)23/h8,21-22H,3-7,9-11H2,1-2H3. The maximum Gasteiger partial charge on any atom is 0.229 e. The van der Waals surface area contributed by atoms with E-state index in [-0.39, 0.29) is 23.7 Å². The number of pyridine rings is 1. The summed E-state index contributed by atoms with van der Waals surface area (Å²) in [5, 5.41) is 19.8. The van der Waals surface area contributed by atoms with Crippen molar-refractivity contribution in [3.05, 3.63) is 23.0 Å². The van der Waals surface area contributed by atoms with Gasteiger partial charge in [0.05, 0.1) is 17.7 Å². The van der Waals surface area contributed by atoms with Gasteiger partial charge in [-0.15, -0.1) is 0 Å². The number of amides is 1. The minimum atomic E-state index is -0.260.